The monoisotopic (exact) mass is 309 g/mol. The van der Waals surface area contributed by atoms with Crippen LogP contribution < -0.4 is 11.0 Å². The summed E-state index contributed by atoms with van der Waals surface area (Å²) in [7, 11) is 0. The lowest BCUT2D eigenvalue weighted by Crippen LogP contribution is -2.34. The molecule has 1 fully saturated rings. The second-order valence-electron chi connectivity index (χ2n) is 5.96. The van der Waals surface area contributed by atoms with E-state index in [2.05, 4.69) is 20.5 Å². The second kappa shape index (κ2) is 5.67. The van der Waals surface area contributed by atoms with Crippen molar-refractivity contribution in [1.82, 2.24) is 19.6 Å². The van der Waals surface area contributed by atoms with Crippen molar-refractivity contribution in [3.63, 3.8) is 0 Å². The number of fused-ring (bicyclic) bond motifs is 1. The molecule has 3 rings (SSSR count). The number of aromatic amines is 1. The Morgan fingerprint density at radius 1 is 1.43 bits per heavy atom. The van der Waals surface area contributed by atoms with E-state index in [1.165, 1.54) is 23.7 Å². The summed E-state index contributed by atoms with van der Waals surface area (Å²) >= 11 is 6.21. The number of nitrogens with zero attached hydrogens (tertiary/aromatic N) is 3. The largest absolute Gasteiger partial charge is 0.369 e. The second-order valence-corrected chi connectivity index (χ2v) is 6.23. The molecule has 1 aliphatic rings. The van der Waals surface area contributed by atoms with Crippen LogP contribution in [-0.4, -0.2) is 32.0 Å². The summed E-state index contributed by atoms with van der Waals surface area (Å²) in [6.07, 6.45) is 6.11. The predicted octanol–water partition coefficient (Wildman–Crippen LogP) is 2.33. The van der Waals surface area contributed by atoms with Crippen molar-refractivity contribution in [3.8, 4) is 0 Å². The van der Waals surface area contributed by atoms with Crippen LogP contribution in [0.3, 0.4) is 0 Å². The van der Waals surface area contributed by atoms with Crippen LogP contribution in [0.5, 0.6) is 0 Å². The minimum Gasteiger partial charge on any atom is -0.369 e. The zero-order chi connectivity index (χ0) is 14.9. The fourth-order valence-electron chi connectivity index (χ4n) is 3.13. The molecule has 0 radical (unpaired) electrons. The van der Waals surface area contributed by atoms with E-state index < -0.39 is 0 Å². The van der Waals surface area contributed by atoms with Crippen molar-refractivity contribution in [2.45, 2.75) is 39.0 Å². The Morgan fingerprint density at radius 2 is 2.19 bits per heavy atom. The van der Waals surface area contributed by atoms with Crippen LogP contribution in [-0.2, 0) is 0 Å². The first-order valence-corrected chi connectivity index (χ1v) is 7.92. The zero-order valence-electron chi connectivity index (χ0n) is 12.2. The van der Waals surface area contributed by atoms with Gasteiger partial charge in [0.1, 0.15) is 11.6 Å². The number of alkyl halides is 1. The van der Waals surface area contributed by atoms with Crippen molar-refractivity contribution in [2.24, 2.45) is 5.41 Å². The minimum atomic E-state index is -0.258. The lowest BCUT2D eigenvalue weighted by molar-refractivity contribution is 0.238. The van der Waals surface area contributed by atoms with Gasteiger partial charge in [0.25, 0.3) is 0 Å². The molecule has 2 heterocycles. The highest BCUT2D eigenvalue weighted by Gasteiger charge is 2.31. The maximum atomic E-state index is 11.6. The molecule has 6 nitrogen and oxygen atoms in total. The molecule has 2 N–H and O–H groups in total. The van der Waals surface area contributed by atoms with Crippen molar-refractivity contribution < 1.29 is 0 Å². The summed E-state index contributed by atoms with van der Waals surface area (Å²) in [5.41, 5.74) is 0.483. The fraction of sp³-hybridized carbons (Fsp3) is 0.643. The Bertz CT molecular complexity index is 686. The van der Waals surface area contributed by atoms with E-state index in [1.54, 1.807) is 13.0 Å². The Kier molecular flexibility index (Phi) is 3.89. The molecule has 0 spiro atoms. The van der Waals surface area contributed by atoms with Crippen LogP contribution in [0.2, 0.25) is 0 Å². The summed E-state index contributed by atoms with van der Waals surface area (Å²) in [5.74, 6) is 2.04. The number of hydrogen-bond donors (Lipinski definition) is 2. The van der Waals surface area contributed by atoms with E-state index in [9.17, 15) is 4.79 Å². The van der Waals surface area contributed by atoms with Gasteiger partial charge in [0, 0.05) is 23.9 Å². The Hall–Kier alpha value is -1.56. The molecule has 0 saturated heterocycles. The van der Waals surface area contributed by atoms with Gasteiger partial charge in [0.2, 0.25) is 0 Å². The summed E-state index contributed by atoms with van der Waals surface area (Å²) in [4.78, 5) is 16.0. The topological polar surface area (TPSA) is 75.1 Å². The van der Waals surface area contributed by atoms with Gasteiger partial charge in [0.05, 0.1) is 0 Å². The molecule has 1 saturated carbocycles. The normalized spacial score (nSPS) is 18.0. The number of nitrogens with one attached hydrogen (secondary N) is 2. The average Bonchev–Trinajstić information content (AvgIpc) is 2.88. The lowest BCUT2D eigenvalue weighted by atomic mass is 9.75. The van der Waals surface area contributed by atoms with E-state index in [0.29, 0.717) is 17.4 Å². The summed E-state index contributed by atoms with van der Waals surface area (Å²) in [5, 5.41) is 9.81. The maximum absolute atomic E-state index is 11.6. The Balaban J connectivity index is 1.80. The van der Waals surface area contributed by atoms with Crippen molar-refractivity contribution >= 4 is 23.1 Å². The van der Waals surface area contributed by atoms with E-state index >= 15 is 0 Å². The van der Waals surface area contributed by atoms with Crippen LogP contribution in [0.4, 0.5) is 5.82 Å². The average molecular weight is 310 g/mol. The molecule has 7 heteroatoms. The Labute approximate surface area is 127 Å². The number of hydrogen-bond acceptors (Lipinski definition) is 4. The van der Waals surface area contributed by atoms with Crippen LogP contribution in [0.1, 0.15) is 37.9 Å². The van der Waals surface area contributed by atoms with Crippen molar-refractivity contribution in [3.05, 3.63) is 22.4 Å². The molecule has 21 heavy (non-hydrogen) atoms. The highest BCUT2D eigenvalue weighted by atomic mass is 35.5. The minimum absolute atomic E-state index is 0.159. The molecule has 1 aliphatic carbocycles. The number of H-pyrrole nitrogens is 1. The van der Waals surface area contributed by atoms with Gasteiger partial charge >= 0.3 is 5.69 Å². The summed E-state index contributed by atoms with van der Waals surface area (Å²) < 4.78 is 1.46. The van der Waals surface area contributed by atoms with Gasteiger partial charge in [-0.15, -0.1) is 11.6 Å². The van der Waals surface area contributed by atoms with Crippen LogP contribution in [0.25, 0.3) is 5.65 Å². The molecule has 0 amide bonds. The third-order valence-corrected chi connectivity index (χ3v) is 4.98. The van der Waals surface area contributed by atoms with Crippen LogP contribution >= 0.6 is 11.6 Å². The molecule has 2 aromatic heterocycles. The summed E-state index contributed by atoms with van der Waals surface area (Å²) in [6, 6.07) is 1.79. The van der Waals surface area contributed by atoms with Gasteiger partial charge in [-0.3, -0.25) is 0 Å². The first-order valence-electron chi connectivity index (χ1n) is 7.38. The van der Waals surface area contributed by atoms with E-state index in [-0.39, 0.29) is 11.1 Å². The fourth-order valence-corrected chi connectivity index (χ4v) is 3.49. The molecular formula is C14H20ClN5O. The van der Waals surface area contributed by atoms with E-state index in [1.807, 2.05) is 0 Å². The summed E-state index contributed by atoms with van der Waals surface area (Å²) in [6.45, 7) is 2.61. The quantitative estimate of drug-likeness (QED) is 0.850. The highest BCUT2D eigenvalue weighted by Crippen LogP contribution is 2.37. The number of anilines is 1. The molecule has 114 valence electrons. The van der Waals surface area contributed by atoms with Gasteiger partial charge in [-0.1, -0.05) is 19.3 Å². The van der Waals surface area contributed by atoms with Crippen LogP contribution in [0.15, 0.2) is 10.9 Å². The molecule has 2 aromatic rings. The van der Waals surface area contributed by atoms with Crippen molar-refractivity contribution in [2.75, 3.05) is 17.7 Å². The molecule has 0 unspecified atom stereocenters. The van der Waals surface area contributed by atoms with Gasteiger partial charge in [-0.25, -0.2) is 19.3 Å². The van der Waals surface area contributed by atoms with Crippen LogP contribution in [0, 0.1) is 12.3 Å². The molecular weight excluding hydrogens is 290 g/mol. The third kappa shape index (κ3) is 2.77. The van der Waals surface area contributed by atoms with E-state index in [4.69, 9.17) is 11.6 Å². The predicted molar refractivity (Wildman–Crippen MR) is 83.1 cm³/mol. The standard InChI is InChI=1S/C14H20ClN5O/c1-10-17-11(7-12-18-19-13(21)20(10)12)16-9-14(8-15)5-3-2-4-6-14/h7,16H,2-6,8-9H2,1H3,(H,19,21). The first kappa shape index (κ1) is 14.4. The number of rotatable bonds is 4. The van der Waals surface area contributed by atoms with Gasteiger partial charge in [0.15, 0.2) is 5.65 Å². The first-order chi connectivity index (χ1) is 10.1. The number of halogens is 1. The lowest BCUT2D eigenvalue weighted by Gasteiger charge is -2.35. The zero-order valence-corrected chi connectivity index (χ0v) is 12.9. The molecule has 0 atom stereocenters. The SMILES string of the molecule is Cc1nc(NCC2(CCl)CCCCC2)cc2n[nH]c(=O)n12. The molecule has 0 bridgehead atoms. The smallest absolute Gasteiger partial charge is 0.349 e. The van der Waals surface area contributed by atoms with Gasteiger partial charge in [-0.05, 0) is 19.8 Å². The Morgan fingerprint density at radius 3 is 2.90 bits per heavy atom. The van der Waals surface area contributed by atoms with E-state index in [0.717, 1.165) is 25.2 Å². The third-order valence-electron chi connectivity index (χ3n) is 4.41. The van der Waals surface area contributed by atoms with Gasteiger partial charge in [-0.2, -0.15) is 5.10 Å². The number of aromatic nitrogens is 4. The van der Waals surface area contributed by atoms with Gasteiger partial charge < -0.3 is 5.32 Å². The molecule has 0 aliphatic heterocycles. The molecule has 0 aromatic carbocycles. The maximum Gasteiger partial charge on any atom is 0.349 e. The van der Waals surface area contributed by atoms with Crippen molar-refractivity contribution in [1.29, 1.82) is 0 Å². The highest BCUT2D eigenvalue weighted by molar-refractivity contribution is 6.18. The number of aryl methyl sites for hydroxylation is 1.